The first-order valence-electron chi connectivity index (χ1n) is 5.53. The quantitative estimate of drug-likeness (QED) is 0.664. The number of anilines is 3. The lowest BCUT2D eigenvalue weighted by Gasteiger charge is -2.21. The Hall–Kier alpha value is -1.86. The Morgan fingerprint density at radius 3 is 2.79 bits per heavy atom. The molecule has 1 heterocycles. The summed E-state index contributed by atoms with van der Waals surface area (Å²) in [5, 5.41) is 0. The first-order chi connectivity index (χ1) is 9.17. The van der Waals surface area contributed by atoms with Crippen molar-refractivity contribution in [3.63, 3.8) is 0 Å². The lowest BCUT2D eigenvalue weighted by atomic mass is 10.2. The van der Waals surface area contributed by atoms with E-state index in [4.69, 9.17) is 10.6 Å². The van der Waals surface area contributed by atoms with E-state index in [1.807, 2.05) is 36.2 Å². The van der Waals surface area contributed by atoms with Gasteiger partial charge in [-0.1, -0.05) is 12.1 Å². The summed E-state index contributed by atoms with van der Waals surface area (Å²) in [6.07, 6.45) is 1.64. The molecule has 100 valence electrons. The van der Waals surface area contributed by atoms with Gasteiger partial charge in [0.2, 0.25) is 5.95 Å². The lowest BCUT2D eigenvalue weighted by Crippen LogP contribution is -2.16. The number of methoxy groups -OCH3 is 1. The van der Waals surface area contributed by atoms with Crippen molar-refractivity contribution < 1.29 is 4.74 Å². The molecule has 1 aromatic heterocycles. The third kappa shape index (κ3) is 2.77. The van der Waals surface area contributed by atoms with E-state index in [-0.39, 0.29) is 0 Å². The predicted octanol–water partition coefficient (Wildman–Crippen LogP) is 2.30. The van der Waals surface area contributed by atoms with Crippen LogP contribution in [-0.2, 0) is 0 Å². The number of ether oxygens (including phenoxy) is 1. The van der Waals surface area contributed by atoms with Gasteiger partial charge < -0.3 is 9.64 Å². The van der Waals surface area contributed by atoms with Gasteiger partial charge in [-0.05, 0) is 28.1 Å². The van der Waals surface area contributed by atoms with Gasteiger partial charge in [0.05, 0.1) is 17.3 Å². The Kier molecular flexibility index (Phi) is 4.18. The lowest BCUT2D eigenvalue weighted by molar-refractivity contribution is 0.415. The van der Waals surface area contributed by atoms with Crippen LogP contribution in [0.15, 0.2) is 34.9 Å². The molecule has 0 atom stereocenters. The molecule has 0 spiro atoms. The fourth-order valence-electron chi connectivity index (χ4n) is 1.68. The molecule has 7 heteroatoms. The van der Waals surface area contributed by atoms with Gasteiger partial charge in [-0.15, -0.1) is 0 Å². The van der Waals surface area contributed by atoms with E-state index in [1.165, 1.54) is 0 Å². The molecule has 2 aromatic rings. The van der Waals surface area contributed by atoms with E-state index in [0.29, 0.717) is 11.8 Å². The van der Waals surface area contributed by atoms with Crippen LogP contribution in [0.25, 0.3) is 0 Å². The zero-order valence-corrected chi connectivity index (χ0v) is 12.2. The SMILES string of the molecule is COc1ccccc1N(C)c1nc(NN)ncc1Br. The number of hydrogen-bond acceptors (Lipinski definition) is 6. The summed E-state index contributed by atoms with van der Waals surface area (Å²) in [5.41, 5.74) is 3.32. The number of halogens is 1. The van der Waals surface area contributed by atoms with Gasteiger partial charge in [0.25, 0.3) is 0 Å². The summed E-state index contributed by atoms with van der Waals surface area (Å²) in [6.45, 7) is 0. The summed E-state index contributed by atoms with van der Waals surface area (Å²) >= 11 is 3.43. The normalized spacial score (nSPS) is 10.1. The topological polar surface area (TPSA) is 76.3 Å². The molecular weight excluding hydrogens is 310 g/mol. The maximum absolute atomic E-state index is 5.34. The molecule has 3 N–H and O–H groups in total. The average molecular weight is 324 g/mol. The van der Waals surface area contributed by atoms with E-state index in [1.54, 1.807) is 13.3 Å². The maximum Gasteiger partial charge on any atom is 0.239 e. The van der Waals surface area contributed by atoms with Crippen molar-refractivity contribution in [2.45, 2.75) is 0 Å². The monoisotopic (exact) mass is 323 g/mol. The fourth-order valence-corrected chi connectivity index (χ4v) is 2.14. The van der Waals surface area contributed by atoms with Crippen LogP contribution in [0.4, 0.5) is 17.5 Å². The van der Waals surface area contributed by atoms with Crippen LogP contribution < -0.4 is 20.9 Å². The van der Waals surface area contributed by atoms with Crippen LogP contribution in [-0.4, -0.2) is 24.1 Å². The number of nitrogen functional groups attached to an aromatic ring is 1. The second kappa shape index (κ2) is 5.85. The highest BCUT2D eigenvalue weighted by Crippen LogP contribution is 2.34. The van der Waals surface area contributed by atoms with E-state index in [2.05, 4.69) is 31.3 Å². The minimum Gasteiger partial charge on any atom is -0.495 e. The fraction of sp³-hybridized carbons (Fsp3) is 0.167. The van der Waals surface area contributed by atoms with Crippen LogP contribution in [0.2, 0.25) is 0 Å². The highest BCUT2D eigenvalue weighted by molar-refractivity contribution is 9.10. The molecule has 0 bridgehead atoms. The molecule has 0 saturated heterocycles. The summed E-state index contributed by atoms with van der Waals surface area (Å²) in [6, 6.07) is 7.69. The Balaban J connectivity index is 2.46. The molecular formula is C12H14BrN5O. The van der Waals surface area contributed by atoms with Crippen LogP contribution in [0.1, 0.15) is 0 Å². The first-order valence-corrected chi connectivity index (χ1v) is 6.32. The van der Waals surface area contributed by atoms with Crippen LogP contribution in [0.3, 0.4) is 0 Å². The van der Waals surface area contributed by atoms with Crippen molar-refractivity contribution in [1.29, 1.82) is 0 Å². The number of nitrogens with one attached hydrogen (secondary N) is 1. The van der Waals surface area contributed by atoms with Crippen molar-refractivity contribution in [3.8, 4) is 5.75 Å². The number of rotatable bonds is 4. The molecule has 0 fully saturated rings. The summed E-state index contributed by atoms with van der Waals surface area (Å²) in [5.74, 6) is 7.13. The minimum absolute atomic E-state index is 0.347. The second-order valence-electron chi connectivity index (χ2n) is 3.74. The largest absolute Gasteiger partial charge is 0.495 e. The predicted molar refractivity (Wildman–Crippen MR) is 78.6 cm³/mol. The van der Waals surface area contributed by atoms with Crippen molar-refractivity contribution in [3.05, 3.63) is 34.9 Å². The molecule has 19 heavy (non-hydrogen) atoms. The van der Waals surface area contributed by atoms with E-state index in [0.717, 1.165) is 15.9 Å². The number of aromatic nitrogens is 2. The average Bonchev–Trinajstić information content (AvgIpc) is 2.47. The van der Waals surface area contributed by atoms with Crippen molar-refractivity contribution >= 4 is 33.4 Å². The molecule has 0 amide bonds. The number of benzene rings is 1. The number of hydrazine groups is 1. The molecule has 0 aliphatic carbocycles. The van der Waals surface area contributed by atoms with Gasteiger partial charge in [0.1, 0.15) is 5.75 Å². The van der Waals surface area contributed by atoms with Gasteiger partial charge in [-0.2, -0.15) is 4.98 Å². The van der Waals surface area contributed by atoms with Crippen LogP contribution >= 0.6 is 15.9 Å². The Morgan fingerprint density at radius 2 is 2.11 bits per heavy atom. The molecule has 6 nitrogen and oxygen atoms in total. The Morgan fingerprint density at radius 1 is 1.37 bits per heavy atom. The maximum atomic E-state index is 5.34. The highest BCUT2D eigenvalue weighted by atomic mass is 79.9. The van der Waals surface area contributed by atoms with Gasteiger partial charge in [0.15, 0.2) is 5.82 Å². The number of para-hydroxylation sites is 2. The third-order valence-corrected chi connectivity index (χ3v) is 3.18. The van der Waals surface area contributed by atoms with E-state index >= 15 is 0 Å². The summed E-state index contributed by atoms with van der Waals surface area (Å²) in [7, 11) is 3.53. The molecule has 2 rings (SSSR count). The van der Waals surface area contributed by atoms with Crippen LogP contribution in [0, 0.1) is 0 Å². The summed E-state index contributed by atoms with van der Waals surface area (Å²) < 4.78 is 6.11. The van der Waals surface area contributed by atoms with Gasteiger partial charge in [0, 0.05) is 13.2 Å². The van der Waals surface area contributed by atoms with Gasteiger partial charge >= 0.3 is 0 Å². The van der Waals surface area contributed by atoms with Crippen molar-refractivity contribution in [1.82, 2.24) is 9.97 Å². The molecule has 0 aliphatic heterocycles. The zero-order valence-electron chi connectivity index (χ0n) is 10.6. The van der Waals surface area contributed by atoms with Gasteiger partial charge in [-0.3, -0.25) is 5.43 Å². The molecule has 0 unspecified atom stereocenters. The smallest absolute Gasteiger partial charge is 0.239 e. The number of nitrogens with zero attached hydrogens (tertiary/aromatic N) is 3. The first kappa shape index (κ1) is 13.6. The molecule has 0 radical (unpaired) electrons. The third-order valence-electron chi connectivity index (χ3n) is 2.62. The Labute approximate surface area is 119 Å². The van der Waals surface area contributed by atoms with Crippen LogP contribution in [0.5, 0.6) is 5.75 Å². The standard InChI is InChI=1S/C12H14BrN5O/c1-18(9-5-3-4-6-10(9)19-2)11-8(13)7-15-12(16-11)17-14/h3-7H,14H2,1-2H3,(H,15,16,17). The molecule has 1 aromatic carbocycles. The number of hydrogen-bond donors (Lipinski definition) is 2. The van der Waals surface area contributed by atoms with E-state index in [9.17, 15) is 0 Å². The second-order valence-corrected chi connectivity index (χ2v) is 4.59. The van der Waals surface area contributed by atoms with Crippen molar-refractivity contribution in [2.24, 2.45) is 5.84 Å². The minimum atomic E-state index is 0.347. The molecule has 0 aliphatic rings. The Bertz CT molecular complexity index is 578. The summed E-state index contributed by atoms with van der Waals surface area (Å²) in [4.78, 5) is 10.2. The molecule has 0 saturated carbocycles. The van der Waals surface area contributed by atoms with Crippen molar-refractivity contribution in [2.75, 3.05) is 24.5 Å². The zero-order chi connectivity index (χ0) is 13.8. The van der Waals surface area contributed by atoms with E-state index < -0.39 is 0 Å². The van der Waals surface area contributed by atoms with Gasteiger partial charge in [-0.25, -0.2) is 10.8 Å². The number of nitrogens with two attached hydrogens (primary N) is 1. The highest BCUT2D eigenvalue weighted by Gasteiger charge is 2.14.